The lowest BCUT2D eigenvalue weighted by Gasteiger charge is -2.14. The Morgan fingerprint density at radius 1 is 1.43 bits per heavy atom. The highest BCUT2D eigenvalue weighted by atomic mass is 16.5. The van der Waals surface area contributed by atoms with Crippen LogP contribution < -0.4 is 5.32 Å². The molecule has 3 heteroatoms. The molecule has 0 spiro atoms. The van der Waals surface area contributed by atoms with Crippen LogP contribution in [0.5, 0.6) is 0 Å². The second-order valence-corrected chi connectivity index (χ2v) is 3.43. The summed E-state index contributed by atoms with van der Waals surface area (Å²) in [6, 6.07) is 0.0828. The van der Waals surface area contributed by atoms with Gasteiger partial charge in [0.25, 0.3) is 0 Å². The summed E-state index contributed by atoms with van der Waals surface area (Å²) in [6.45, 7) is 5.34. The quantitative estimate of drug-likeness (QED) is 0.414. The molecule has 0 saturated heterocycles. The second kappa shape index (κ2) is 10.7. The first-order chi connectivity index (χ1) is 6.85. The summed E-state index contributed by atoms with van der Waals surface area (Å²) in [5, 5.41) is 12.2. The second-order valence-electron chi connectivity index (χ2n) is 3.43. The van der Waals surface area contributed by atoms with Gasteiger partial charge in [0.05, 0.1) is 19.3 Å². The SMILES string of the molecule is C=CCCCCCNC(CO)COC. The number of aliphatic hydroxyl groups is 1. The lowest BCUT2D eigenvalue weighted by molar-refractivity contribution is 0.128. The highest BCUT2D eigenvalue weighted by molar-refractivity contribution is 4.67. The topological polar surface area (TPSA) is 41.5 Å². The molecule has 0 rings (SSSR count). The van der Waals surface area contributed by atoms with E-state index in [2.05, 4.69) is 11.9 Å². The summed E-state index contributed by atoms with van der Waals surface area (Å²) in [6.07, 6.45) is 6.62. The molecule has 1 atom stereocenters. The molecule has 0 aliphatic carbocycles. The molecule has 1 unspecified atom stereocenters. The van der Waals surface area contributed by atoms with Crippen LogP contribution in [-0.4, -0.2) is 38.0 Å². The van der Waals surface area contributed by atoms with Gasteiger partial charge < -0.3 is 15.2 Å². The lowest BCUT2D eigenvalue weighted by atomic mass is 10.2. The summed E-state index contributed by atoms with van der Waals surface area (Å²) in [5.41, 5.74) is 0. The fourth-order valence-electron chi connectivity index (χ4n) is 1.27. The molecular formula is C11H23NO2. The van der Waals surface area contributed by atoms with E-state index in [0.29, 0.717) is 6.61 Å². The fourth-order valence-corrected chi connectivity index (χ4v) is 1.27. The molecule has 0 amide bonds. The van der Waals surface area contributed by atoms with Gasteiger partial charge in [-0.3, -0.25) is 0 Å². The molecule has 14 heavy (non-hydrogen) atoms. The molecule has 0 bridgehead atoms. The molecular weight excluding hydrogens is 178 g/mol. The minimum absolute atomic E-state index is 0.0828. The maximum atomic E-state index is 8.94. The van der Waals surface area contributed by atoms with Gasteiger partial charge in [-0.15, -0.1) is 6.58 Å². The van der Waals surface area contributed by atoms with Crippen molar-refractivity contribution in [2.24, 2.45) is 0 Å². The zero-order chi connectivity index (χ0) is 10.6. The van der Waals surface area contributed by atoms with Crippen molar-refractivity contribution in [3.05, 3.63) is 12.7 Å². The molecule has 3 nitrogen and oxygen atoms in total. The molecule has 0 fully saturated rings. The Morgan fingerprint density at radius 2 is 2.21 bits per heavy atom. The Labute approximate surface area is 87.2 Å². The van der Waals surface area contributed by atoms with E-state index in [1.165, 1.54) is 12.8 Å². The van der Waals surface area contributed by atoms with Gasteiger partial charge in [0.1, 0.15) is 0 Å². The van der Waals surface area contributed by atoms with Crippen molar-refractivity contribution in [3.8, 4) is 0 Å². The highest BCUT2D eigenvalue weighted by Crippen LogP contribution is 1.99. The Bertz CT molecular complexity index is 128. The van der Waals surface area contributed by atoms with Gasteiger partial charge >= 0.3 is 0 Å². The number of unbranched alkanes of at least 4 members (excludes halogenated alkanes) is 3. The van der Waals surface area contributed by atoms with E-state index < -0.39 is 0 Å². The molecule has 0 radical (unpaired) electrons. The fraction of sp³-hybridized carbons (Fsp3) is 0.818. The molecule has 0 saturated carbocycles. The summed E-state index contributed by atoms with van der Waals surface area (Å²) in [4.78, 5) is 0. The minimum atomic E-state index is 0.0828. The molecule has 0 heterocycles. The van der Waals surface area contributed by atoms with Crippen molar-refractivity contribution in [2.75, 3.05) is 26.9 Å². The zero-order valence-corrected chi connectivity index (χ0v) is 9.17. The largest absolute Gasteiger partial charge is 0.395 e. The summed E-state index contributed by atoms with van der Waals surface area (Å²) in [7, 11) is 1.65. The number of methoxy groups -OCH3 is 1. The first-order valence-corrected chi connectivity index (χ1v) is 5.29. The van der Waals surface area contributed by atoms with Crippen molar-refractivity contribution in [3.63, 3.8) is 0 Å². The van der Waals surface area contributed by atoms with Crippen molar-refractivity contribution in [2.45, 2.75) is 31.7 Å². The number of allylic oxidation sites excluding steroid dienone is 1. The normalized spacial score (nSPS) is 12.7. The lowest BCUT2D eigenvalue weighted by Crippen LogP contribution is -2.36. The predicted molar refractivity (Wildman–Crippen MR) is 59.4 cm³/mol. The van der Waals surface area contributed by atoms with Gasteiger partial charge in [-0.2, -0.15) is 0 Å². The number of rotatable bonds is 10. The van der Waals surface area contributed by atoms with Gasteiger partial charge in [-0.1, -0.05) is 12.5 Å². The van der Waals surface area contributed by atoms with Crippen LogP contribution in [0.1, 0.15) is 25.7 Å². The first-order valence-electron chi connectivity index (χ1n) is 5.29. The van der Waals surface area contributed by atoms with E-state index in [1.54, 1.807) is 7.11 Å². The Kier molecular flexibility index (Phi) is 10.4. The van der Waals surface area contributed by atoms with Gasteiger partial charge in [0, 0.05) is 7.11 Å². The number of ether oxygens (including phenoxy) is 1. The van der Waals surface area contributed by atoms with Crippen LogP contribution >= 0.6 is 0 Å². The molecule has 0 aromatic carbocycles. The third-order valence-corrected chi connectivity index (χ3v) is 2.11. The van der Waals surface area contributed by atoms with Crippen molar-refractivity contribution in [1.82, 2.24) is 5.32 Å². The van der Waals surface area contributed by atoms with Crippen LogP contribution in [0, 0.1) is 0 Å². The highest BCUT2D eigenvalue weighted by Gasteiger charge is 2.04. The number of aliphatic hydroxyl groups excluding tert-OH is 1. The standard InChI is InChI=1S/C11H23NO2/c1-3-4-5-6-7-8-12-11(9-13)10-14-2/h3,11-13H,1,4-10H2,2H3. The van der Waals surface area contributed by atoms with Crippen LogP contribution in [0.25, 0.3) is 0 Å². The zero-order valence-electron chi connectivity index (χ0n) is 9.17. The van der Waals surface area contributed by atoms with Crippen LogP contribution in [0.15, 0.2) is 12.7 Å². The Balaban J connectivity index is 3.19. The van der Waals surface area contributed by atoms with Crippen molar-refractivity contribution < 1.29 is 9.84 Å². The van der Waals surface area contributed by atoms with Crippen molar-refractivity contribution in [1.29, 1.82) is 0 Å². The van der Waals surface area contributed by atoms with E-state index in [9.17, 15) is 0 Å². The van der Waals surface area contributed by atoms with Crippen LogP contribution in [0.4, 0.5) is 0 Å². The van der Waals surface area contributed by atoms with E-state index in [4.69, 9.17) is 9.84 Å². The molecule has 0 aliphatic rings. The Morgan fingerprint density at radius 3 is 2.79 bits per heavy atom. The van der Waals surface area contributed by atoms with E-state index in [1.807, 2.05) is 6.08 Å². The van der Waals surface area contributed by atoms with E-state index in [0.717, 1.165) is 19.4 Å². The number of nitrogens with one attached hydrogen (secondary N) is 1. The minimum Gasteiger partial charge on any atom is -0.395 e. The third kappa shape index (κ3) is 8.23. The van der Waals surface area contributed by atoms with Crippen LogP contribution in [-0.2, 0) is 4.74 Å². The third-order valence-electron chi connectivity index (χ3n) is 2.11. The molecule has 0 aromatic heterocycles. The molecule has 0 aromatic rings. The first kappa shape index (κ1) is 13.6. The maximum Gasteiger partial charge on any atom is 0.0638 e. The average Bonchev–Trinajstić information content (AvgIpc) is 2.21. The van der Waals surface area contributed by atoms with Gasteiger partial charge in [0.15, 0.2) is 0 Å². The molecule has 0 aliphatic heterocycles. The average molecular weight is 201 g/mol. The maximum absolute atomic E-state index is 8.94. The van der Waals surface area contributed by atoms with E-state index in [-0.39, 0.29) is 12.6 Å². The van der Waals surface area contributed by atoms with Gasteiger partial charge in [0.2, 0.25) is 0 Å². The van der Waals surface area contributed by atoms with Crippen molar-refractivity contribution >= 4 is 0 Å². The predicted octanol–water partition coefficient (Wildman–Crippen LogP) is 1.33. The van der Waals surface area contributed by atoms with Gasteiger partial charge in [-0.05, 0) is 25.8 Å². The van der Waals surface area contributed by atoms with E-state index >= 15 is 0 Å². The number of hydrogen-bond donors (Lipinski definition) is 2. The summed E-state index contributed by atoms with van der Waals surface area (Å²) >= 11 is 0. The van der Waals surface area contributed by atoms with Crippen LogP contribution in [0.3, 0.4) is 0 Å². The summed E-state index contributed by atoms with van der Waals surface area (Å²) < 4.78 is 4.95. The monoisotopic (exact) mass is 201 g/mol. The smallest absolute Gasteiger partial charge is 0.0638 e. The molecule has 2 N–H and O–H groups in total. The molecule has 84 valence electrons. The van der Waals surface area contributed by atoms with Gasteiger partial charge in [-0.25, -0.2) is 0 Å². The summed E-state index contributed by atoms with van der Waals surface area (Å²) in [5.74, 6) is 0. The van der Waals surface area contributed by atoms with Crippen LogP contribution in [0.2, 0.25) is 0 Å². The number of hydrogen-bond acceptors (Lipinski definition) is 3. The Hall–Kier alpha value is -0.380.